The summed E-state index contributed by atoms with van der Waals surface area (Å²) in [5.41, 5.74) is 5.38. The number of hydrogen-bond donors (Lipinski definition) is 2. The van der Waals surface area contributed by atoms with E-state index in [0.717, 1.165) is 35.3 Å². The number of benzene rings is 3. The van der Waals surface area contributed by atoms with Crippen LogP contribution in [0.4, 0.5) is 0 Å². The molecule has 2 N–H and O–H groups in total. The van der Waals surface area contributed by atoms with Gasteiger partial charge in [-0.2, -0.15) is 0 Å². The first-order valence-corrected chi connectivity index (χ1v) is 11.0. The van der Waals surface area contributed by atoms with Gasteiger partial charge in [-0.25, -0.2) is 4.98 Å². The summed E-state index contributed by atoms with van der Waals surface area (Å²) in [4.78, 5) is 21.0. The third kappa shape index (κ3) is 4.02. The lowest BCUT2D eigenvalue weighted by molar-refractivity contribution is -0.121. The molecular weight excluding hydrogens is 396 g/mol. The molecule has 5 rings (SSSR count). The van der Waals surface area contributed by atoms with E-state index >= 15 is 0 Å². The maximum absolute atomic E-state index is 12.9. The number of nitrogens with zero attached hydrogens (tertiary/aromatic N) is 2. The summed E-state index contributed by atoms with van der Waals surface area (Å²) in [7, 11) is 2.07. The molecule has 1 amide bonds. The number of para-hydroxylation sites is 3. The maximum atomic E-state index is 12.9. The van der Waals surface area contributed by atoms with Crippen LogP contribution in [-0.2, 0) is 18.3 Å². The van der Waals surface area contributed by atoms with Crippen LogP contribution in [0, 0.1) is 0 Å². The summed E-state index contributed by atoms with van der Waals surface area (Å²) < 4.78 is 2.15. The standard InChI is InChI=1S/C27H26N4O/c1-31-18-20(21-13-5-8-16-24(21)31)12-9-17-25(32)30-26(19-10-3-2-4-11-19)27-28-22-14-6-7-15-23(22)29-27/h2-8,10-11,13-16,18,26H,9,12,17H2,1H3,(H,28,29)(H,30,32). The Labute approximate surface area is 187 Å². The molecule has 1 unspecified atom stereocenters. The Hall–Kier alpha value is -3.86. The van der Waals surface area contributed by atoms with E-state index in [1.807, 2.05) is 54.6 Å². The van der Waals surface area contributed by atoms with E-state index in [4.69, 9.17) is 4.98 Å². The van der Waals surface area contributed by atoms with E-state index in [1.54, 1.807) is 0 Å². The smallest absolute Gasteiger partial charge is 0.220 e. The summed E-state index contributed by atoms with van der Waals surface area (Å²) in [6.07, 6.45) is 4.30. The molecule has 0 radical (unpaired) electrons. The number of H-pyrrole nitrogens is 1. The zero-order chi connectivity index (χ0) is 21.9. The number of imidazole rings is 1. The Kier molecular flexibility index (Phi) is 5.46. The zero-order valence-electron chi connectivity index (χ0n) is 18.1. The van der Waals surface area contributed by atoms with E-state index in [2.05, 4.69) is 52.4 Å². The molecule has 32 heavy (non-hydrogen) atoms. The van der Waals surface area contributed by atoms with Gasteiger partial charge in [-0.05, 0) is 42.2 Å². The molecule has 0 saturated heterocycles. The van der Waals surface area contributed by atoms with Gasteiger partial charge in [0.25, 0.3) is 0 Å². The molecule has 5 heteroatoms. The van der Waals surface area contributed by atoms with Gasteiger partial charge >= 0.3 is 0 Å². The molecule has 0 aliphatic rings. The van der Waals surface area contributed by atoms with Gasteiger partial charge in [0.15, 0.2) is 0 Å². The summed E-state index contributed by atoms with van der Waals surface area (Å²) in [5, 5.41) is 4.47. The second-order valence-corrected chi connectivity index (χ2v) is 8.19. The van der Waals surface area contributed by atoms with Gasteiger partial charge in [0.05, 0.1) is 11.0 Å². The number of aromatic amines is 1. The average molecular weight is 423 g/mol. The monoisotopic (exact) mass is 422 g/mol. The summed E-state index contributed by atoms with van der Waals surface area (Å²) in [5.74, 6) is 0.777. The number of aromatic nitrogens is 3. The predicted molar refractivity (Wildman–Crippen MR) is 128 cm³/mol. The van der Waals surface area contributed by atoms with E-state index in [9.17, 15) is 4.79 Å². The van der Waals surface area contributed by atoms with Crippen molar-refractivity contribution in [3.63, 3.8) is 0 Å². The van der Waals surface area contributed by atoms with Gasteiger partial charge in [-0.15, -0.1) is 0 Å². The maximum Gasteiger partial charge on any atom is 0.220 e. The SMILES string of the molecule is Cn1cc(CCCC(=O)NC(c2ccccc2)c2nc3ccccc3[nH]2)c2ccccc21. The minimum Gasteiger partial charge on any atom is -0.350 e. The van der Waals surface area contributed by atoms with E-state index in [0.29, 0.717) is 6.42 Å². The molecule has 160 valence electrons. The van der Waals surface area contributed by atoms with Crippen LogP contribution in [0.25, 0.3) is 21.9 Å². The van der Waals surface area contributed by atoms with Crippen molar-refractivity contribution in [2.75, 3.05) is 0 Å². The lowest BCUT2D eigenvalue weighted by atomic mass is 10.0. The number of rotatable bonds is 7. The molecule has 5 aromatic rings. The molecule has 0 aliphatic carbocycles. The lowest BCUT2D eigenvalue weighted by Crippen LogP contribution is -2.30. The van der Waals surface area contributed by atoms with Crippen molar-refractivity contribution in [3.8, 4) is 0 Å². The van der Waals surface area contributed by atoms with Crippen LogP contribution in [0.3, 0.4) is 0 Å². The first-order valence-electron chi connectivity index (χ1n) is 11.0. The highest BCUT2D eigenvalue weighted by Gasteiger charge is 2.20. The van der Waals surface area contributed by atoms with Crippen LogP contribution >= 0.6 is 0 Å². The first kappa shape index (κ1) is 20.1. The van der Waals surface area contributed by atoms with Gasteiger partial charge in [-0.3, -0.25) is 4.79 Å². The van der Waals surface area contributed by atoms with Crippen LogP contribution in [0.2, 0.25) is 0 Å². The fourth-order valence-corrected chi connectivity index (χ4v) is 4.36. The van der Waals surface area contributed by atoms with Crippen LogP contribution in [0.15, 0.2) is 85.1 Å². The predicted octanol–water partition coefficient (Wildman–Crippen LogP) is 5.28. The molecule has 0 spiro atoms. The normalized spacial score (nSPS) is 12.3. The fourth-order valence-electron chi connectivity index (χ4n) is 4.36. The fraction of sp³-hybridized carbons (Fsp3) is 0.185. The first-order chi connectivity index (χ1) is 15.7. The van der Waals surface area contributed by atoms with Crippen molar-refractivity contribution in [3.05, 3.63) is 102 Å². The number of fused-ring (bicyclic) bond motifs is 2. The second kappa shape index (κ2) is 8.71. The van der Waals surface area contributed by atoms with Crippen molar-refractivity contribution in [2.24, 2.45) is 7.05 Å². The van der Waals surface area contributed by atoms with E-state index in [1.165, 1.54) is 16.5 Å². The summed E-state index contributed by atoms with van der Waals surface area (Å²) in [6, 6.07) is 26.0. The van der Waals surface area contributed by atoms with Crippen molar-refractivity contribution in [2.45, 2.75) is 25.3 Å². The Morgan fingerprint density at radius 1 is 1.00 bits per heavy atom. The van der Waals surface area contributed by atoms with E-state index in [-0.39, 0.29) is 11.9 Å². The molecule has 0 saturated carbocycles. The molecule has 0 aliphatic heterocycles. The van der Waals surface area contributed by atoms with Gasteiger partial charge in [0, 0.05) is 30.6 Å². The van der Waals surface area contributed by atoms with Crippen LogP contribution < -0.4 is 5.32 Å². The number of aryl methyl sites for hydroxylation is 2. The zero-order valence-corrected chi connectivity index (χ0v) is 18.1. The number of carbonyl (C=O) groups is 1. The van der Waals surface area contributed by atoms with Crippen LogP contribution in [-0.4, -0.2) is 20.4 Å². The number of carbonyl (C=O) groups excluding carboxylic acids is 1. The number of nitrogens with one attached hydrogen (secondary N) is 2. The van der Waals surface area contributed by atoms with Crippen molar-refractivity contribution < 1.29 is 4.79 Å². The minimum atomic E-state index is -0.311. The highest BCUT2D eigenvalue weighted by molar-refractivity contribution is 5.84. The van der Waals surface area contributed by atoms with Crippen LogP contribution in [0.5, 0.6) is 0 Å². The van der Waals surface area contributed by atoms with Crippen LogP contribution in [0.1, 0.15) is 35.8 Å². The third-order valence-corrected chi connectivity index (χ3v) is 5.95. The average Bonchev–Trinajstić information content (AvgIpc) is 3.39. The van der Waals surface area contributed by atoms with Crippen molar-refractivity contribution in [1.29, 1.82) is 0 Å². The molecule has 5 nitrogen and oxygen atoms in total. The topological polar surface area (TPSA) is 62.7 Å². The Morgan fingerprint density at radius 2 is 1.75 bits per heavy atom. The highest BCUT2D eigenvalue weighted by Crippen LogP contribution is 2.24. The summed E-state index contributed by atoms with van der Waals surface area (Å²) >= 11 is 0. The third-order valence-electron chi connectivity index (χ3n) is 5.95. The highest BCUT2D eigenvalue weighted by atomic mass is 16.1. The molecular formula is C27H26N4O. The molecule has 1 atom stereocenters. The van der Waals surface area contributed by atoms with Gasteiger partial charge < -0.3 is 14.9 Å². The Morgan fingerprint density at radius 3 is 2.59 bits per heavy atom. The van der Waals surface area contributed by atoms with Crippen molar-refractivity contribution in [1.82, 2.24) is 19.9 Å². The Balaban J connectivity index is 1.30. The Bertz CT molecular complexity index is 1330. The molecule has 2 heterocycles. The molecule has 0 fully saturated rings. The summed E-state index contributed by atoms with van der Waals surface area (Å²) in [6.45, 7) is 0. The molecule has 0 bridgehead atoms. The lowest BCUT2D eigenvalue weighted by Gasteiger charge is -2.17. The molecule has 3 aromatic carbocycles. The number of amides is 1. The largest absolute Gasteiger partial charge is 0.350 e. The quantitative estimate of drug-likeness (QED) is 0.375. The minimum absolute atomic E-state index is 0.0274. The van der Waals surface area contributed by atoms with Crippen molar-refractivity contribution >= 4 is 27.8 Å². The number of hydrogen-bond acceptors (Lipinski definition) is 2. The molecule has 2 aromatic heterocycles. The van der Waals surface area contributed by atoms with Gasteiger partial charge in [0.1, 0.15) is 11.9 Å². The second-order valence-electron chi connectivity index (χ2n) is 8.19. The van der Waals surface area contributed by atoms with E-state index < -0.39 is 0 Å². The van der Waals surface area contributed by atoms with Gasteiger partial charge in [0.2, 0.25) is 5.91 Å². The van der Waals surface area contributed by atoms with Gasteiger partial charge in [-0.1, -0.05) is 60.7 Å².